The third-order valence-corrected chi connectivity index (χ3v) is 3.16. The van der Waals surface area contributed by atoms with Gasteiger partial charge in [-0.1, -0.05) is 30.3 Å². The SMILES string of the molecule is Cc1cccc(OCCNC(=O)COCCOc2ccccc2)c1. The molecule has 0 saturated heterocycles. The van der Waals surface area contributed by atoms with E-state index in [0.717, 1.165) is 17.1 Å². The van der Waals surface area contributed by atoms with E-state index in [1.165, 1.54) is 0 Å². The van der Waals surface area contributed by atoms with E-state index < -0.39 is 0 Å². The van der Waals surface area contributed by atoms with Crippen LogP contribution < -0.4 is 14.8 Å². The molecule has 0 fully saturated rings. The molecule has 0 saturated carbocycles. The highest BCUT2D eigenvalue weighted by Crippen LogP contribution is 2.11. The molecule has 0 unspecified atom stereocenters. The van der Waals surface area contributed by atoms with Crippen LogP contribution in [0.4, 0.5) is 0 Å². The van der Waals surface area contributed by atoms with Gasteiger partial charge in [-0.2, -0.15) is 0 Å². The van der Waals surface area contributed by atoms with E-state index in [2.05, 4.69) is 5.32 Å². The van der Waals surface area contributed by atoms with Crippen molar-refractivity contribution in [3.8, 4) is 11.5 Å². The summed E-state index contributed by atoms with van der Waals surface area (Å²) >= 11 is 0. The van der Waals surface area contributed by atoms with Crippen LogP contribution in [0.5, 0.6) is 11.5 Å². The largest absolute Gasteiger partial charge is 0.492 e. The number of nitrogens with one attached hydrogen (secondary N) is 1. The number of amides is 1. The van der Waals surface area contributed by atoms with Crippen LogP contribution in [0.3, 0.4) is 0 Å². The van der Waals surface area contributed by atoms with Crippen LogP contribution in [0.25, 0.3) is 0 Å². The van der Waals surface area contributed by atoms with Gasteiger partial charge >= 0.3 is 0 Å². The second-order valence-electron chi connectivity index (χ2n) is 5.23. The fraction of sp³-hybridized carbons (Fsp3) is 0.316. The zero-order valence-corrected chi connectivity index (χ0v) is 13.9. The zero-order valence-electron chi connectivity index (χ0n) is 13.9. The van der Waals surface area contributed by atoms with Crippen LogP contribution in [0.1, 0.15) is 5.56 Å². The molecule has 5 nitrogen and oxygen atoms in total. The van der Waals surface area contributed by atoms with Crippen molar-refractivity contribution in [3.05, 3.63) is 60.2 Å². The van der Waals surface area contributed by atoms with Crippen molar-refractivity contribution in [1.29, 1.82) is 0 Å². The van der Waals surface area contributed by atoms with E-state index in [1.807, 2.05) is 61.5 Å². The third-order valence-electron chi connectivity index (χ3n) is 3.16. The van der Waals surface area contributed by atoms with Crippen LogP contribution in [0.15, 0.2) is 54.6 Å². The lowest BCUT2D eigenvalue weighted by Gasteiger charge is -2.09. The van der Waals surface area contributed by atoms with Crippen LogP contribution in [0.2, 0.25) is 0 Å². The molecular weight excluding hydrogens is 306 g/mol. The number of rotatable bonds is 10. The lowest BCUT2D eigenvalue weighted by Crippen LogP contribution is -2.31. The summed E-state index contributed by atoms with van der Waals surface area (Å²) in [4.78, 5) is 11.6. The predicted molar refractivity (Wildman–Crippen MR) is 92.4 cm³/mol. The Bertz CT molecular complexity index is 616. The first-order chi connectivity index (χ1) is 11.7. The molecular formula is C19H23NO4. The quantitative estimate of drug-likeness (QED) is 0.681. The van der Waals surface area contributed by atoms with Crippen LogP contribution in [-0.4, -0.2) is 38.9 Å². The van der Waals surface area contributed by atoms with Crippen LogP contribution >= 0.6 is 0 Å². The highest BCUT2D eigenvalue weighted by Gasteiger charge is 2.01. The summed E-state index contributed by atoms with van der Waals surface area (Å²) in [7, 11) is 0. The third kappa shape index (κ3) is 7.15. The molecule has 1 amide bonds. The Morgan fingerprint density at radius 1 is 0.917 bits per heavy atom. The minimum Gasteiger partial charge on any atom is -0.492 e. The molecule has 2 rings (SSSR count). The van der Waals surface area contributed by atoms with Gasteiger partial charge < -0.3 is 19.5 Å². The van der Waals surface area contributed by atoms with E-state index in [0.29, 0.717) is 26.4 Å². The van der Waals surface area contributed by atoms with E-state index in [4.69, 9.17) is 14.2 Å². The van der Waals surface area contributed by atoms with Crippen molar-refractivity contribution in [3.63, 3.8) is 0 Å². The summed E-state index contributed by atoms with van der Waals surface area (Å²) in [5.41, 5.74) is 1.14. The Labute approximate surface area is 142 Å². The average molecular weight is 329 g/mol. The van der Waals surface area contributed by atoms with Crippen molar-refractivity contribution >= 4 is 5.91 Å². The molecule has 0 aliphatic heterocycles. The number of ether oxygens (including phenoxy) is 3. The first kappa shape index (κ1) is 17.8. The molecule has 2 aromatic carbocycles. The number of aryl methyl sites for hydroxylation is 1. The second-order valence-corrected chi connectivity index (χ2v) is 5.23. The molecule has 0 atom stereocenters. The Balaban J connectivity index is 1.48. The van der Waals surface area contributed by atoms with Gasteiger partial charge in [0.2, 0.25) is 5.91 Å². The van der Waals surface area contributed by atoms with E-state index in [-0.39, 0.29) is 12.5 Å². The number of hydrogen-bond acceptors (Lipinski definition) is 4. The number of hydrogen-bond donors (Lipinski definition) is 1. The highest BCUT2D eigenvalue weighted by atomic mass is 16.5. The summed E-state index contributed by atoms with van der Waals surface area (Å²) in [5, 5.41) is 2.75. The van der Waals surface area contributed by atoms with E-state index >= 15 is 0 Å². The van der Waals surface area contributed by atoms with E-state index in [1.54, 1.807) is 0 Å². The number of benzene rings is 2. The number of carbonyl (C=O) groups is 1. The van der Waals surface area contributed by atoms with Gasteiger partial charge in [0, 0.05) is 0 Å². The molecule has 128 valence electrons. The summed E-state index contributed by atoms with van der Waals surface area (Å²) in [6, 6.07) is 17.3. The van der Waals surface area contributed by atoms with Gasteiger partial charge in [-0.05, 0) is 36.8 Å². The first-order valence-electron chi connectivity index (χ1n) is 7.96. The summed E-state index contributed by atoms with van der Waals surface area (Å²) < 4.78 is 16.3. The van der Waals surface area contributed by atoms with Crippen molar-refractivity contribution < 1.29 is 19.0 Å². The van der Waals surface area contributed by atoms with Gasteiger partial charge in [0.1, 0.15) is 31.3 Å². The average Bonchev–Trinajstić information content (AvgIpc) is 2.59. The molecule has 2 aromatic rings. The standard InChI is InChI=1S/C19H23NO4/c1-16-6-5-9-18(14-16)23-11-10-20-19(21)15-22-12-13-24-17-7-3-2-4-8-17/h2-9,14H,10-13,15H2,1H3,(H,20,21). The summed E-state index contributed by atoms with van der Waals surface area (Å²) in [6.45, 7) is 3.66. The predicted octanol–water partition coefficient (Wildman–Crippen LogP) is 2.59. The lowest BCUT2D eigenvalue weighted by molar-refractivity contribution is -0.126. The first-order valence-corrected chi connectivity index (χ1v) is 7.96. The Hall–Kier alpha value is -2.53. The minimum atomic E-state index is -0.164. The minimum absolute atomic E-state index is 0.0165. The Morgan fingerprint density at radius 3 is 2.46 bits per heavy atom. The Morgan fingerprint density at radius 2 is 1.67 bits per heavy atom. The molecule has 0 spiro atoms. The van der Waals surface area contributed by atoms with Crippen molar-refractivity contribution in [1.82, 2.24) is 5.32 Å². The molecule has 24 heavy (non-hydrogen) atoms. The van der Waals surface area contributed by atoms with Crippen LogP contribution in [-0.2, 0) is 9.53 Å². The molecule has 1 N–H and O–H groups in total. The zero-order chi connectivity index (χ0) is 17.0. The van der Waals surface area contributed by atoms with Gasteiger partial charge in [-0.3, -0.25) is 4.79 Å². The van der Waals surface area contributed by atoms with Gasteiger partial charge in [0.05, 0.1) is 13.2 Å². The topological polar surface area (TPSA) is 56.8 Å². The smallest absolute Gasteiger partial charge is 0.246 e. The van der Waals surface area contributed by atoms with Crippen molar-refractivity contribution in [2.75, 3.05) is 33.0 Å². The van der Waals surface area contributed by atoms with Gasteiger partial charge in [-0.15, -0.1) is 0 Å². The van der Waals surface area contributed by atoms with Gasteiger partial charge in [0.25, 0.3) is 0 Å². The Kier molecular flexibility index (Phi) is 7.63. The second kappa shape index (κ2) is 10.3. The van der Waals surface area contributed by atoms with Gasteiger partial charge in [-0.25, -0.2) is 0 Å². The van der Waals surface area contributed by atoms with Gasteiger partial charge in [0.15, 0.2) is 0 Å². The molecule has 0 heterocycles. The van der Waals surface area contributed by atoms with Crippen LogP contribution in [0, 0.1) is 6.92 Å². The molecule has 0 aliphatic rings. The van der Waals surface area contributed by atoms with E-state index in [9.17, 15) is 4.79 Å². The molecule has 5 heteroatoms. The number of carbonyl (C=O) groups excluding carboxylic acids is 1. The van der Waals surface area contributed by atoms with Crippen molar-refractivity contribution in [2.24, 2.45) is 0 Å². The lowest BCUT2D eigenvalue weighted by atomic mass is 10.2. The molecule has 0 radical (unpaired) electrons. The fourth-order valence-electron chi connectivity index (χ4n) is 2.02. The number of para-hydroxylation sites is 1. The maximum atomic E-state index is 11.6. The monoisotopic (exact) mass is 329 g/mol. The highest BCUT2D eigenvalue weighted by molar-refractivity contribution is 5.77. The molecule has 0 aromatic heterocycles. The summed E-state index contributed by atoms with van der Waals surface area (Å²) in [5.74, 6) is 1.43. The fourth-order valence-corrected chi connectivity index (χ4v) is 2.02. The maximum Gasteiger partial charge on any atom is 0.246 e. The maximum absolute atomic E-state index is 11.6. The molecule has 0 aliphatic carbocycles. The molecule has 0 bridgehead atoms. The normalized spacial score (nSPS) is 10.2. The summed E-state index contributed by atoms with van der Waals surface area (Å²) in [6.07, 6.45) is 0. The van der Waals surface area contributed by atoms with Crippen molar-refractivity contribution in [2.45, 2.75) is 6.92 Å².